The van der Waals surface area contributed by atoms with Crippen molar-refractivity contribution >= 4 is 0 Å². The number of hydrogen-bond donors (Lipinski definition) is 9. The Morgan fingerprint density at radius 1 is 0.739 bits per heavy atom. The summed E-state index contributed by atoms with van der Waals surface area (Å²) in [5.41, 5.74) is 0. The third-order valence-electron chi connectivity index (χ3n) is 4.34. The maximum atomic E-state index is 10.2. The average molecular weight is 340 g/mol. The van der Waals surface area contributed by atoms with E-state index in [0.717, 1.165) is 0 Å². The van der Waals surface area contributed by atoms with E-state index in [1.165, 1.54) is 4.90 Å². The molecule has 0 aliphatic carbocycles. The van der Waals surface area contributed by atoms with Gasteiger partial charge in [-0.3, -0.25) is 4.90 Å². The third kappa shape index (κ3) is 4.57. The van der Waals surface area contributed by atoms with Crippen LogP contribution in [0.3, 0.4) is 0 Å². The maximum absolute atomic E-state index is 10.2. The number of nitrogens with one attached hydrogen (secondary N) is 1. The van der Waals surface area contributed by atoms with Gasteiger partial charge in [-0.25, -0.2) is 0 Å². The van der Waals surface area contributed by atoms with Gasteiger partial charge in [-0.15, -0.1) is 0 Å². The lowest BCUT2D eigenvalue weighted by Gasteiger charge is -2.51. The molecule has 1 saturated heterocycles. The number of aliphatic hydroxyl groups excluding tert-OH is 8. The van der Waals surface area contributed by atoms with Crippen LogP contribution in [0.2, 0.25) is 0 Å². The van der Waals surface area contributed by atoms with E-state index in [2.05, 4.69) is 5.32 Å². The zero-order chi connectivity index (χ0) is 17.6. The molecule has 0 amide bonds. The van der Waals surface area contributed by atoms with Gasteiger partial charge in [0.15, 0.2) is 0 Å². The van der Waals surface area contributed by atoms with Gasteiger partial charge in [0.2, 0.25) is 0 Å². The molecule has 9 N–H and O–H groups in total. The fourth-order valence-electron chi connectivity index (χ4n) is 2.95. The molecule has 2 unspecified atom stereocenters. The highest BCUT2D eigenvalue weighted by atomic mass is 16.4. The van der Waals surface area contributed by atoms with E-state index in [9.17, 15) is 30.6 Å². The van der Waals surface area contributed by atoms with Crippen molar-refractivity contribution in [1.29, 1.82) is 0 Å². The molecule has 5 atom stereocenters. The lowest BCUT2D eigenvalue weighted by molar-refractivity contribution is -0.187. The summed E-state index contributed by atoms with van der Waals surface area (Å²) in [7, 11) is 0. The predicted molar refractivity (Wildman–Crippen MR) is 78.4 cm³/mol. The highest BCUT2D eigenvalue weighted by Crippen LogP contribution is 2.26. The maximum Gasteiger partial charge on any atom is 0.109 e. The normalized spacial score (nSPS) is 32.9. The molecule has 10 nitrogen and oxygen atoms in total. The van der Waals surface area contributed by atoms with Crippen LogP contribution >= 0.6 is 0 Å². The fourth-order valence-corrected chi connectivity index (χ4v) is 2.95. The van der Waals surface area contributed by atoms with E-state index in [0.29, 0.717) is 0 Å². The number of nitrogens with zero attached hydrogens (tertiary/aromatic N) is 1. The summed E-state index contributed by atoms with van der Waals surface area (Å²) in [6, 6.07) is -3.37. The first kappa shape index (κ1) is 20.6. The second-order valence-electron chi connectivity index (χ2n) is 5.73. The molecule has 0 aromatic rings. The van der Waals surface area contributed by atoms with Crippen molar-refractivity contribution in [3.8, 4) is 0 Å². The number of piperidine rings is 1. The SMILES string of the molecule is OCC(CO)NC[C@@H]1[C@H](O)C(O)[C@H](O)C(CO)N1C(CO)CO. The molecule has 1 rings (SSSR count). The Morgan fingerprint density at radius 3 is 1.70 bits per heavy atom. The average Bonchev–Trinajstić information content (AvgIpc) is 2.57. The zero-order valence-corrected chi connectivity index (χ0v) is 12.8. The van der Waals surface area contributed by atoms with Gasteiger partial charge in [0, 0.05) is 6.54 Å². The summed E-state index contributed by atoms with van der Waals surface area (Å²) in [5.74, 6) is 0. The van der Waals surface area contributed by atoms with Crippen molar-refractivity contribution in [2.75, 3.05) is 39.6 Å². The van der Waals surface area contributed by atoms with E-state index >= 15 is 0 Å². The minimum Gasteiger partial charge on any atom is -0.395 e. The van der Waals surface area contributed by atoms with Gasteiger partial charge in [0.25, 0.3) is 0 Å². The van der Waals surface area contributed by atoms with Crippen molar-refractivity contribution in [2.45, 2.75) is 42.5 Å². The molecule has 1 heterocycles. The molecule has 0 spiro atoms. The van der Waals surface area contributed by atoms with Crippen LogP contribution in [0.15, 0.2) is 0 Å². The van der Waals surface area contributed by atoms with Gasteiger partial charge in [-0.1, -0.05) is 0 Å². The predicted octanol–water partition coefficient (Wildman–Crippen LogP) is -5.59. The van der Waals surface area contributed by atoms with Gasteiger partial charge in [-0.2, -0.15) is 0 Å². The molecular weight excluding hydrogens is 312 g/mol. The molecule has 0 bridgehead atoms. The Morgan fingerprint density at radius 2 is 1.26 bits per heavy atom. The van der Waals surface area contributed by atoms with Crippen LogP contribution in [0.4, 0.5) is 0 Å². The standard InChI is InChI=1S/C13H28N2O8/c16-2-7(3-17)14-1-9-11(21)13(23)12(22)10(6-20)15(9)8(4-18)5-19/h7-14,16-23H,1-6H2/t9-,10?,11+,12-,13?/m1/s1. The first-order valence-corrected chi connectivity index (χ1v) is 7.56. The summed E-state index contributed by atoms with van der Waals surface area (Å²) in [6.07, 6.45) is -4.40. The van der Waals surface area contributed by atoms with E-state index < -0.39 is 62.3 Å². The Balaban J connectivity index is 3.01. The van der Waals surface area contributed by atoms with Crippen LogP contribution < -0.4 is 5.32 Å². The lowest BCUT2D eigenvalue weighted by atomic mass is 9.86. The highest BCUT2D eigenvalue weighted by molar-refractivity contribution is 5.03. The molecular formula is C13H28N2O8. The summed E-state index contributed by atoms with van der Waals surface area (Å²) < 4.78 is 0. The highest BCUT2D eigenvalue weighted by Gasteiger charge is 2.49. The molecule has 1 fully saturated rings. The van der Waals surface area contributed by atoms with Crippen LogP contribution in [0.25, 0.3) is 0 Å². The summed E-state index contributed by atoms with van der Waals surface area (Å²) in [5, 5.41) is 79.5. The summed E-state index contributed by atoms with van der Waals surface area (Å²) in [4.78, 5) is 1.36. The van der Waals surface area contributed by atoms with Crippen molar-refractivity contribution in [1.82, 2.24) is 10.2 Å². The van der Waals surface area contributed by atoms with Crippen molar-refractivity contribution in [2.24, 2.45) is 0 Å². The van der Waals surface area contributed by atoms with Crippen LogP contribution in [0.5, 0.6) is 0 Å². The third-order valence-corrected chi connectivity index (χ3v) is 4.34. The minimum absolute atomic E-state index is 0.0102. The Labute approximate surface area is 134 Å². The largest absolute Gasteiger partial charge is 0.395 e. The van der Waals surface area contributed by atoms with E-state index in [1.807, 2.05) is 0 Å². The van der Waals surface area contributed by atoms with Crippen molar-refractivity contribution in [3.63, 3.8) is 0 Å². The molecule has 23 heavy (non-hydrogen) atoms. The first-order valence-electron chi connectivity index (χ1n) is 7.56. The van der Waals surface area contributed by atoms with Gasteiger partial charge < -0.3 is 46.2 Å². The van der Waals surface area contributed by atoms with Crippen molar-refractivity contribution < 1.29 is 40.9 Å². The van der Waals surface area contributed by atoms with Crippen molar-refractivity contribution in [3.05, 3.63) is 0 Å². The molecule has 0 aromatic carbocycles. The summed E-state index contributed by atoms with van der Waals surface area (Å²) in [6.45, 7) is -2.23. The zero-order valence-electron chi connectivity index (χ0n) is 12.8. The molecule has 0 radical (unpaired) electrons. The molecule has 138 valence electrons. The molecule has 0 aromatic heterocycles. The minimum atomic E-state index is -1.52. The Bertz CT molecular complexity index is 329. The van der Waals surface area contributed by atoms with E-state index in [-0.39, 0.29) is 19.8 Å². The lowest BCUT2D eigenvalue weighted by Crippen LogP contribution is -2.72. The quantitative estimate of drug-likeness (QED) is 0.197. The molecule has 10 heteroatoms. The monoisotopic (exact) mass is 340 g/mol. The molecule has 1 aliphatic rings. The first-order chi connectivity index (χ1) is 11.0. The second kappa shape index (κ2) is 9.79. The van der Waals surface area contributed by atoms with Gasteiger partial charge in [-0.05, 0) is 0 Å². The Kier molecular flexibility index (Phi) is 8.79. The number of rotatable bonds is 9. The van der Waals surface area contributed by atoms with Crippen LogP contribution in [0.1, 0.15) is 0 Å². The van der Waals surface area contributed by atoms with E-state index in [4.69, 9.17) is 10.2 Å². The van der Waals surface area contributed by atoms with Gasteiger partial charge >= 0.3 is 0 Å². The number of aliphatic hydroxyl groups is 8. The van der Waals surface area contributed by atoms with E-state index in [1.54, 1.807) is 0 Å². The molecule has 0 saturated carbocycles. The summed E-state index contributed by atoms with van der Waals surface area (Å²) >= 11 is 0. The number of likely N-dealkylation sites (tertiary alicyclic amines) is 1. The van der Waals surface area contributed by atoms with Gasteiger partial charge in [0.05, 0.1) is 63.3 Å². The van der Waals surface area contributed by atoms with Crippen LogP contribution in [0, 0.1) is 0 Å². The topological polar surface area (TPSA) is 177 Å². The Hall–Kier alpha value is -0.400. The molecule has 1 aliphatic heterocycles. The van der Waals surface area contributed by atoms with Gasteiger partial charge in [0.1, 0.15) is 12.2 Å². The van der Waals surface area contributed by atoms with Crippen LogP contribution in [-0.2, 0) is 0 Å². The smallest absolute Gasteiger partial charge is 0.109 e. The van der Waals surface area contributed by atoms with Crippen LogP contribution in [-0.4, -0.2) is 128 Å². The number of hydrogen-bond acceptors (Lipinski definition) is 10. The fraction of sp³-hybridized carbons (Fsp3) is 1.00. The second-order valence-corrected chi connectivity index (χ2v) is 5.73.